The van der Waals surface area contributed by atoms with E-state index in [0.717, 1.165) is 65.5 Å². The Morgan fingerprint density at radius 2 is 1.95 bits per heavy atom. The lowest BCUT2D eigenvalue weighted by Crippen LogP contribution is -2.58. The van der Waals surface area contributed by atoms with Crippen LogP contribution in [0.2, 0.25) is 5.02 Å². The highest BCUT2D eigenvalue weighted by Gasteiger charge is 2.47. The highest BCUT2D eigenvalue weighted by atomic mass is 35.5. The van der Waals surface area contributed by atoms with Crippen molar-refractivity contribution in [2.24, 2.45) is 0 Å². The number of likely N-dealkylation sites (tertiary alicyclic amines) is 1. The number of hydrogen-bond acceptors (Lipinski definition) is 7. The fourth-order valence-electron chi connectivity index (χ4n) is 5.64. The summed E-state index contributed by atoms with van der Waals surface area (Å²) >= 11 is 6.52. The van der Waals surface area contributed by atoms with E-state index < -0.39 is 0 Å². The third-order valence-corrected chi connectivity index (χ3v) is 8.18. The number of nitrogens with one attached hydrogen (secondary N) is 1. The summed E-state index contributed by atoms with van der Waals surface area (Å²) in [6.45, 7) is 3.71. The summed E-state index contributed by atoms with van der Waals surface area (Å²) in [6.07, 6.45) is 3.92. The van der Waals surface area contributed by atoms with Crippen LogP contribution in [0.15, 0.2) is 83.5 Å². The fraction of sp³-hybridized carbons (Fsp3) is 0.250. The van der Waals surface area contributed by atoms with Crippen LogP contribution in [0.3, 0.4) is 0 Å². The summed E-state index contributed by atoms with van der Waals surface area (Å²) in [6, 6.07) is 21.8. The molecular formula is C32H28ClFN4O3. The van der Waals surface area contributed by atoms with Gasteiger partial charge in [0.2, 0.25) is 0 Å². The quantitative estimate of drug-likeness (QED) is 0.209. The first kappa shape index (κ1) is 26.0. The monoisotopic (exact) mass is 570 g/mol. The molecule has 0 amide bonds. The second-order valence-electron chi connectivity index (χ2n) is 10.7. The van der Waals surface area contributed by atoms with Gasteiger partial charge in [0.05, 0.1) is 35.8 Å². The van der Waals surface area contributed by atoms with Gasteiger partial charge in [-0.2, -0.15) is 0 Å². The minimum absolute atomic E-state index is 0.197. The van der Waals surface area contributed by atoms with Gasteiger partial charge in [-0.3, -0.25) is 4.90 Å². The van der Waals surface area contributed by atoms with E-state index in [-0.39, 0.29) is 18.0 Å². The van der Waals surface area contributed by atoms with E-state index in [9.17, 15) is 4.39 Å². The Hall–Kier alpha value is -3.98. The van der Waals surface area contributed by atoms with Crippen LogP contribution in [0, 0.1) is 5.82 Å². The van der Waals surface area contributed by atoms with Gasteiger partial charge in [-0.15, -0.1) is 0 Å². The molecular weight excluding hydrogens is 543 g/mol. The molecule has 0 atom stereocenters. The van der Waals surface area contributed by atoms with E-state index in [1.54, 1.807) is 24.3 Å². The SMILES string of the molecule is Fc1cccc(COc2ccc(Nc3ncnc4ccc(-c5ccc(CN6CCCC67COC7)o5)cc34)cc2Cl)c1. The molecule has 9 heteroatoms. The predicted molar refractivity (Wildman–Crippen MR) is 156 cm³/mol. The van der Waals surface area contributed by atoms with Gasteiger partial charge in [-0.25, -0.2) is 14.4 Å². The van der Waals surface area contributed by atoms with Crippen molar-refractivity contribution in [2.45, 2.75) is 31.5 Å². The van der Waals surface area contributed by atoms with E-state index in [1.807, 2.05) is 30.3 Å². The minimum Gasteiger partial charge on any atom is -0.487 e. The summed E-state index contributed by atoms with van der Waals surface area (Å²) in [5, 5.41) is 4.65. The molecule has 41 heavy (non-hydrogen) atoms. The van der Waals surface area contributed by atoms with E-state index in [2.05, 4.69) is 26.3 Å². The molecule has 2 fully saturated rings. The third kappa shape index (κ3) is 5.26. The third-order valence-electron chi connectivity index (χ3n) is 7.89. The zero-order chi connectivity index (χ0) is 27.8. The van der Waals surface area contributed by atoms with E-state index in [4.69, 9.17) is 25.5 Å². The number of hydrogen-bond donors (Lipinski definition) is 1. The minimum atomic E-state index is -0.302. The van der Waals surface area contributed by atoms with Crippen LogP contribution >= 0.6 is 11.6 Å². The molecule has 4 heterocycles. The molecule has 1 N–H and O–H groups in total. The van der Waals surface area contributed by atoms with Gasteiger partial charge < -0.3 is 19.2 Å². The lowest BCUT2D eigenvalue weighted by molar-refractivity contribution is -0.126. The first-order valence-electron chi connectivity index (χ1n) is 13.7. The maximum atomic E-state index is 13.5. The van der Waals surface area contributed by atoms with Crippen LogP contribution in [0.5, 0.6) is 5.75 Å². The van der Waals surface area contributed by atoms with Gasteiger partial charge in [0.15, 0.2) is 0 Å². The molecule has 2 aromatic heterocycles. The van der Waals surface area contributed by atoms with Gasteiger partial charge in [0, 0.05) is 16.6 Å². The molecule has 7 rings (SSSR count). The fourth-order valence-corrected chi connectivity index (χ4v) is 5.88. The highest BCUT2D eigenvalue weighted by molar-refractivity contribution is 6.32. The Kier molecular flexibility index (Phi) is 6.82. The van der Waals surface area contributed by atoms with Gasteiger partial charge in [-0.1, -0.05) is 23.7 Å². The number of halogens is 2. The first-order valence-corrected chi connectivity index (χ1v) is 14.0. The first-order chi connectivity index (χ1) is 20.0. The van der Waals surface area contributed by atoms with E-state index in [0.29, 0.717) is 16.6 Å². The molecule has 0 radical (unpaired) electrons. The number of nitrogens with zero attached hydrogens (tertiary/aromatic N) is 3. The topological polar surface area (TPSA) is 72.7 Å². The summed E-state index contributed by atoms with van der Waals surface area (Å²) in [5.74, 6) is 2.61. The Morgan fingerprint density at radius 3 is 2.78 bits per heavy atom. The zero-order valence-electron chi connectivity index (χ0n) is 22.3. The maximum absolute atomic E-state index is 13.5. The maximum Gasteiger partial charge on any atom is 0.141 e. The molecule has 0 unspecified atom stereocenters. The summed E-state index contributed by atoms with van der Waals surface area (Å²) in [5.41, 5.74) is 3.43. The van der Waals surface area contributed by atoms with Crippen molar-refractivity contribution in [3.63, 3.8) is 0 Å². The lowest BCUT2D eigenvalue weighted by atomic mass is 9.94. The Labute approximate surface area is 241 Å². The van der Waals surface area contributed by atoms with Gasteiger partial charge in [-0.05, 0) is 85.6 Å². The molecule has 1 spiro atoms. The number of anilines is 2. The molecule has 5 aromatic rings. The van der Waals surface area contributed by atoms with Crippen molar-refractivity contribution in [3.8, 4) is 17.1 Å². The molecule has 2 saturated heterocycles. The van der Waals surface area contributed by atoms with Crippen LogP contribution in [-0.2, 0) is 17.9 Å². The molecule has 0 aliphatic carbocycles. The number of aromatic nitrogens is 2. The number of ether oxygens (including phenoxy) is 2. The number of furan rings is 1. The number of fused-ring (bicyclic) bond motifs is 1. The van der Waals surface area contributed by atoms with Crippen molar-refractivity contribution in [2.75, 3.05) is 25.1 Å². The van der Waals surface area contributed by atoms with Crippen LogP contribution in [0.4, 0.5) is 15.9 Å². The molecule has 7 nitrogen and oxygen atoms in total. The van der Waals surface area contributed by atoms with Crippen LogP contribution < -0.4 is 10.1 Å². The number of benzene rings is 3. The number of rotatable bonds is 8. The van der Waals surface area contributed by atoms with Crippen molar-refractivity contribution >= 4 is 34.0 Å². The van der Waals surface area contributed by atoms with Gasteiger partial charge in [0.1, 0.15) is 41.8 Å². The van der Waals surface area contributed by atoms with Crippen molar-refractivity contribution in [1.29, 1.82) is 0 Å². The zero-order valence-corrected chi connectivity index (χ0v) is 23.0. The van der Waals surface area contributed by atoms with Crippen LogP contribution in [0.25, 0.3) is 22.2 Å². The molecule has 2 aliphatic rings. The van der Waals surface area contributed by atoms with Gasteiger partial charge in [0.25, 0.3) is 0 Å². The van der Waals surface area contributed by atoms with E-state index in [1.165, 1.54) is 31.3 Å². The molecule has 0 saturated carbocycles. The normalized spacial score (nSPS) is 16.2. The van der Waals surface area contributed by atoms with Crippen LogP contribution in [0.1, 0.15) is 24.2 Å². The van der Waals surface area contributed by atoms with E-state index >= 15 is 0 Å². The summed E-state index contributed by atoms with van der Waals surface area (Å²) < 4.78 is 31.1. The lowest BCUT2D eigenvalue weighted by Gasteiger charge is -2.45. The average molecular weight is 571 g/mol. The predicted octanol–water partition coefficient (Wildman–Crippen LogP) is 7.37. The van der Waals surface area contributed by atoms with Gasteiger partial charge >= 0.3 is 0 Å². The van der Waals surface area contributed by atoms with Crippen molar-refractivity contribution in [3.05, 3.63) is 101 Å². The Bertz CT molecular complexity index is 1720. The molecule has 2 aliphatic heterocycles. The summed E-state index contributed by atoms with van der Waals surface area (Å²) in [7, 11) is 0. The standard InChI is InChI=1S/C32H28ClFN4O3/c33-27-15-24(6-9-30(27)40-17-21-3-1-4-23(34)13-21)37-31-26-14-22(5-8-28(26)35-20-36-31)29-10-7-25(41-29)16-38-12-2-11-32(38)18-39-19-32/h1,3-10,13-15,20H,2,11-12,16-19H2,(H,35,36,37). The molecule has 0 bridgehead atoms. The van der Waals surface area contributed by atoms with Crippen LogP contribution in [-0.4, -0.2) is 40.2 Å². The molecule has 3 aromatic carbocycles. The Balaban J connectivity index is 1.08. The van der Waals surface area contributed by atoms with Crippen molar-refractivity contribution < 1.29 is 18.3 Å². The highest BCUT2D eigenvalue weighted by Crippen LogP contribution is 2.38. The average Bonchev–Trinajstić information content (AvgIpc) is 3.60. The molecule has 208 valence electrons. The smallest absolute Gasteiger partial charge is 0.141 e. The Morgan fingerprint density at radius 1 is 1.02 bits per heavy atom. The largest absolute Gasteiger partial charge is 0.487 e. The summed E-state index contributed by atoms with van der Waals surface area (Å²) in [4.78, 5) is 11.4. The second kappa shape index (κ2) is 10.8. The van der Waals surface area contributed by atoms with Crippen molar-refractivity contribution in [1.82, 2.24) is 14.9 Å². The second-order valence-corrected chi connectivity index (χ2v) is 11.1.